The molecule has 0 amide bonds. The number of hydrogen-bond donors (Lipinski definition) is 0. The van der Waals surface area contributed by atoms with E-state index in [0.717, 1.165) is 12.8 Å². The van der Waals surface area contributed by atoms with E-state index >= 15 is 0 Å². The van der Waals surface area contributed by atoms with E-state index in [1.165, 1.54) is 83.5 Å². The van der Waals surface area contributed by atoms with Crippen LogP contribution in [0, 0.1) is 0 Å². The Kier molecular flexibility index (Phi) is 19.3. The molecule has 0 heterocycles. The largest absolute Gasteiger partial charge is 0.466 e. The summed E-state index contributed by atoms with van der Waals surface area (Å²) >= 11 is 17.2. The first-order chi connectivity index (χ1) is 12.5. The summed E-state index contributed by atoms with van der Waals surface area (Å²) in [6.07, 6.45) is 20.3. The van der Waals surface area contributed by atoms with Crippen LogP contribution in [0.25, 0.3) is 0 Å². The fourth-order valence-electron chi connectivity index (χ4n) is 2.99. The second-order valence-corrected chi connectivity index (χ2v) is 16.6. The maximum Gasteiger partial charge on any atom is 0.344 e. The second-order valence-electron chi connectivity index (χ2n) is 7.29. The highest BCUT2D eigenvalue weighted by Crippen LogP contribution is 2.24. The molecule has 0 aliphatic carbocycles. The van der Waals surface area contributed by atoms with Gasteiger partial charge in [-0.1, -0.05) is 96.8 Å². The summed E-state index contributed by atoms with van der Waals surface area (Å²) in [5, 5.41) is 0. The second kappa shape index (κ2) is 18.9. The van der Waals surface area contributed by atoms with E-state index < -0.39 is 6.00 Å². The van der Waals surface area contributed by atoms with Crippen molar-refractivity contribution in [2.45, 2.75) is 116 Å². The fourth-order valence-corrected chi connectivity index (χ4v) is 4.02. The van der Waals surface area contributed by atoms with Gasteiger partial charge >= 0.3 is 12.0 Å². The molecule has 0 radical (unpaired) electrons. The van der Waals surface area contributed by atoms with Crippen LogP contribution in [0.1, 0.15) is 110 Å². The lowest BCUT2D eigenvalue weighted by Gasteiger charge is -2.08. The normalized spacial score (nSPS) is 11.7. The molecule has 0 aliphatic heterocycles. The number of carbonyl (C=O) groups excluding carboxylic acids is 1. The smallest absolute Gasteiger partial charge is 0.344 e. The molecule has 0 aliphatic rings. The summed E-state index contributed by atoms with van der Waals surface area (Å²) in [4.78, 5) is 11.5. The Hall–Kier alpha value is 0.557. The molecule has 0 atom stereocenters. The fraction of sp³-hybridized carbons (Fsp3) is 0.950. The molecule has 2 nitrogen and oxygen atoms in total. The van der Waals surface area contributed by atoms with Crippen LogP contribution in [0.3, 0.4) is 0 Å². The molecule has 0 fully saturated rings. The standard InChI is InChI=1S/C20H39Cl3O2Si/c1-2-3-4-5-6-7-8-9-10-11-12-13-14-15-16-17-20(24)25-18-19-26(21,22)23/h2-19H2,1H3. The van der Waals surface area contributed by atoms with Gasteiger partial charge in [-0.15, -0.1) is 33.2 Å². The molecular weight excluding hydrogens is 407 g/mol. The summed E-state index contributed by atoms with van der Waals surface area (Å²) in [5.74, 6) is -0.164. The van der Waals surface area contributed by atoms with Crippen molar-refractivity contribution in [2.75, 3.05) is 6.61 Å². The van der Waals surface area contributed by atoms with E-state index in [2.05, 4.69) is 6.92 Å². The van der Waals surface area contributed by atoms with Crippen molar-refractivity contribution in [3.8, 4) is 0 Å². The van der Waals surface area contributed by atoms with Gasteiger partial charge in [-0.3, -0.25) is 4.79 Å². The van der Waals surface area contributed by atoms with E-state index in [4.69, 9.17) is 38.0 Å². The zero-order valence-corrected chi connectivity index (χ0v) is 19.9. The lowest BCUT2D eigenvalue weighted by atomic mass is 10.0. The SMILES string of the molecule is CCCCCCCCCCCCCCCCCC(=O)OCC[Si](Cl)(Cl)Cl. The number of carbonyl (C=O) groups is 1. The van der Waals surface area contributed by atoms with E-state index in [9.17, 15) is 4.79 Å². The van der Waals surface area contributed by atoms with Crippen LogP contribution >= 0.6 is 33.2 Å². The van der Waals surface area contributed by atoms with Gasteiger partial charge in [0, 0.05) is 12.5 Å². The third-order valence-electron chi connectivity index (χ3n) is 4.63. The van der Waals surface area contributed by atoms with Crippen LogP contribution in [0.2, 0.25) is 6.04 Å². The average Bonchev–Trinajstić information content (AvgIpc) is 2.57. The molecule has 6 heteroatoms. The molecule has 26 heavy (non-hydrogen) atoms. The zero-order chi connectivity index (χ0) is 19.5. The molecule has 0 rings (SSSR count). The quantitative estimate of drug-likeness (QED) is 0.0862. The van der Waals surface area contributed by atoms with Crippen molar-refractivity contribution in [2.24, 2.45) is 0 Å². The molecule has 0 bridgehead atoms. The Balaban J connectivity index is 3.16. The number of esters is 1. The average molecular weight is 446 g/mol. The van der Waals surface area contributed by atoms with Crippen LogP contribution in [0.15, 0.2) is 0 Å². The van der Waals surface area contributed by atoms with Gasteiger partial charge in [0.25, 0.3) is 0 Å². The highest BCUT2D eigenvalue weighted by Gasteiger charge is 2.24. The first-order valence-corrected chi connectivity index (χ1v) is 15.9. The monoisotopic (exact) mass is 444 g/mol. The van der Waals surface area contributed by atoms with E-state index in [1.54, 1.807) is 0 Å². The molecule has 0 spiro atoms. The van der Waals surface area contributed by atoms with Gasteiger partial charge in [0.05, 0.1) is 6.61 Å². The van der Waals surface area contributed by atoms with E-state index in [1.807, 2.05) is 0 Å². The first-order valence-electron chi connectivity index (χ1n) is 10.7. The third kappa shape index (κ3) is 22.6. The topological polar surface area (TPSA) is 26.3 Å². The molecule has 0 saturated heterocycles. The maximum atomic E-state index is 11.5. The van der Waals surface area contributed by atoms with Gasteiger partial charge in [-0.25, -0.2) is 0 Å². The van der Waals surface area contributed by atoms with E-state index in [-0.39, 0.29) is 12.6 Å². The van der Waals surface area contributed by atoms with Gasteiger partial charge in [0.2, 0.25) is 0 Å². The molecule has 0 aromatic heterocycles. The highest BCUT2D eigenvalue weighted by molar-refractivity contribution is 7.64. The Morgan fingerprint density at radius 2 is 1.08 bits per heavy atom. The van der Waals surface area contributed by atoms with Gasteiger partial charge in [-0.2, -0.15) is 0 Å². The van der Waals surface area contributed by atoms with E-state index in [0.29, 0.717) is 12.5 Å². The van der Waals surface area contributed by atoms with Crippen molar-refractivity contribution in [3.63, 3.8) is 0 Å². The van der Waals surface area contributed by atoms with Gasteiger partial charge in [-0.05, 0) is 6.42 Å². The number of ether oxygens (including phenoxy) is 1. The molecule has 0 saturated carbocycles. The molecule has 0 aromatic rings. The summed E-state index contributed by atoms with van der Waals surface area (Å²) in [6, 6.07) is -2.28. The van der Waals surface area contributed by atoms with Crippen LogP contribution < -0.4 is 0 Å². The highest BCUT2D eigenvalue weighted by atomic mass is 35.8. The van der Waals surface area contributed by atoms with Crippen molar-refractivity contribution in [1.29, 1.82) is 0 Å². The van der Waals surface area contributed by atoms with Crippen LogP contribution in [-0.2, 0) is 9.53 Å². The Morgan fingerprint density at radius 1 is 0.692 bits per heavy atom. The van der Waals surface area contributed by atoms with Crippen molar-refractivity contribution < 1.29 is 9.53 Å². The Bertz CT molecular complexity index is 323. The summed E-state index contributed by atoms with van der Waals surface area (Å²) < 4.78 is 5.08. The lowest BCUT2D eigenvalue weighted by molar-refractivity contribution is -0.143. The van der Waals surface area contributed by atoms with Gasteiger partial charge < -0.3 is 4.74 Å². The minimum Gasteiger partial charge on any atom is -0.466 e. The number of unbranched alkanes of at least 4 members (excludes halogenated alkanes) is 14. The predicted octanol–water partition coefficient (Wildman–Crippen LogP) is 8.45. The lowest BCUT2D eigenvalue weighted by Crippen LogP contribution is -2.15. The van der Waals surface area contributed by atoms with Crippen LogP contribution in [0.5, 0.6) is 0 Å². The van der Waals surface area contributed by atoms with Crippen molar-refractivity contribution in [1.82, 2.24) is 0 Å². The first kappa shape index (κ1) is 26.6. The molecule has 0 N–H and O–H groups in total. The summed E-state index contributed by atoms with van der Waals surface area (Å²) in [7, 11) is 0. The third-order valence-corrected chi connectivity index (χ3v) is 7.10. The molecular formula is C20H39Cl3O2Si. The molecule has 0 unspecified atom stereocenters. The summed E-state index contributed by atoms with van der Waals surface area (Å²) in [5.41, 5.74) is 0. The van der Waals surface area contributed by atoms with Crippen molar-refractivity contribution >= 4 is 45.2 Å². The maximum absolute atomic E-state index is 11.5. The van der Waals surface area contributed by atoms with Crippen LogP contribution in [0.4, 0.5) is 0 Å². The number of rotatable bonds is 19. The Labute approximate surface area is 176 Å². The van der Waals surface area contributed by atoms with Gasteiger partial charge in [0.15, 0.2) is 0 Å². The summed E-state index contributed by atoms with van der Waals surface area (Å²) in [6.45, 7) is 2.51. The predicted molar refractivity (Wildman–Crippen MR) is 119 cm³/mol. The molecule has 156 valence electrons. The van der Waals surface area contributed by atoms with Crippen LogP contribution in [-0.4, -0.2) is 18.6 Å². The zero-order valence-electron chi connectivity index (χ0n) is 16.7. The number of halogens is 3. The minimum atomic E-state index is -2.66. The Morgan fingerprint density at radius 3 is 1.46 bits per heavy atom. The number of hydrogen-bond acceptors (Lipinski definition) is 2. The minimum absolute atomic E-state index is 0.164. The van der Waals surface area contributed by atoms with Gasteiger partial charge in [0.1, 0.15) is 0 Å². The molecule has 0 aromatic carbocycles. The van der Waals surface area contributed by atoms with Crippen molar-refractivity contribution in [3.05, 3.63) is 0 Å².